The summed E-state index contributed by atoms with van der Waals surface area (Å²) in [6.07, 6.45) is -1.80. The van der Waals surface area contributed by atoms with Gasteiger partial charge in [0.1, 0.15) is 0 Å². The van der Waals surface area contributed by atoms with Crippen LogP contribution in [0, 0.1) is 11.8 Å². The molecule has 3 saturated heterocycles. The molecule has 36 heavy (non-hydrogen) atoms. The fraction of sp³-hybridized carbons (Fsp3) is 0.741. The summed E-state index contributed by atoms with van der Waals surface area (Å²) in [7, 11) is 0. The molecule has 0 saturated carbocycles. The molecular formula is C27H41F3N4O2. The molecule has 1 amide bonds. The van der Waals surface area contributed by atoms with E-state index < -0.39 is 11.7 Å². The molecule has 0 radical (unpaired) electrons. The zero-order valence-electron chi connectivity index (χ0n) is 21.7. The van der Waals surface area contributed by atoms with E-state index in [2.05, 4.69) is 28.5 Å². The van der Waals surface area contributed by atoms with Gasteiger partial charge in [-0.25, -0.2) is 0 Å². The van der Waals surface area contributed by atoms with Gasteiger partial charge >= 0.3 is 6.18 Å². The molecule has 0 N–H and O–H groups in total. The summed E-state index contributed by atoms with van der Waals surface area (Å²) in [4.78, 5) is 21.9. The Bertz CT molecular complexity index is 852. The van der Waals surface area contributed by atoms with Gasteiger partial charge in [0.2, 0.25) is 5.91 Å². The number of morpholine rings is 1. The molecule has 3 aliphatic heterocycles. The van der Waals surface area contributed by atoms with Crippen molar-refractivity contribution < 1.29 is 22.7 Å². The SMILES string of the molecule is CC(C)CN1CC[C@@H](N2CCN(c3cccc(C(F)(F)F)c3)CC2)[C@@H](CCC(=O)N2CCOCC2)C1. The zero-order valence-corrected chi connectivity index (χ0v) is 21.7. The van der Waals surface area contributed by atoms with E-state index in [1.807, 2.05) is 4.90 Å². The van der Waals surface area contributed by atoms with Crippen LogP contribution in [0.2, 0.25) is 0 Å². The van der Waals surface area contributed by atoms with Gasteiger partial charge in [0.25, 0.3) is 0 Å². The number of piperazine rings is 1. The first-order valence-corrected chi connectivity index (χ1v) is 13.4. The molecule has 1 aromatic rings. The Balaban J connectivity index is 1.36. The van der Waals surface area contributed by atoms with Crippen LogP contribution in [-0.2, 0) is 15.7 Å². The molecule has 9 heteroatoms. The maximum Gasteiger partial charge on any atom is 0.416 e. The van der Waals surface area contributed by atoms with Crippen LogP contribution in [0.15, 0.2) is 24.3 Å². The lowest BCUT2D eigenvalue weighted by Gasteiger charge is -2.47. The van der Waals surface area contributed by atoms with E-state index in [1.54, 1.807) is 6.07 Å². The van der Waals surface area contributed by atoms with E-state index in [-0.39, 0.29) is 5.91 Å². The van der Waals surface area contributed by atoms with E-state index in [0.717, 1.165) is 51.6 Å². The van der Waals surface area contributed by atoms with Crippen molar-refractivity contribution >= 4 is 11.6 Å². The van der Waals surface area contributed by atoms with Gasteiger partial charge in [0.05, 0.1) is 18.8 Å². The topological polar surface area (TPSA) is 39.3 Å². The van der Waals surface area contributed by atoms with E-state index in [4.69, 9.17) is 4.74 Å². The third kappa shape index (κ3) is 7.13. The Morgan fingerprint density at radius 3 is 2.44 bits per heavy atom. The first kappa shape index (κ1) is 27.2. The highest BCUT2D eigenvalue weighted by Gasteiger charge is 2.36. The fourth-order valence-electron chi connectivity index (χ4n) is 6.01. The Labute approximate surface area is 213 Å². The molecule has 1 aromatic carbocycles. The normalized spacial score (nSPS) is 24.9. The predicted molar refractivity (Wildman–Crippen MR) is 135 cm³/mol. The molecule has 6 nitrogen and oxygen atoms in total. The van der Waals surface area contributed by atoms with Crippen molar-refractivity contribution in [1.82, 2.24) is 14.7 Å². The fourth-order valence-corrected chi connectivity index (χ4v) is 6.01. The maximum absolute atomic E-state index is 13.2. The lowest BCUT2D eigenvalue weighted by Crippen LogP contribution is -2.57. The van der Waals surface area contributed by atoms with Gasteiger partial charge in [0.15, 0.2) is 0 Å². The number of alkyl halides is 3. The molecule has 0 spiro atoms. The molecule has 202 valence electrons. The number of hydrogen-bond acceptors (Lipinski definition) is 5. The number of nitrogens with zero attached hydrogens (tertiary/aromatic N) is 4. The van der Waals surface area contributed by atoms with Crippen molar-refractivity contribution in [2.75, 3.05) is 77.0 Å². The molecule has 0 unspecified atom stereocenters. The number of benzene rings is 1. The summed E-state index contributed by atoms with van der Waals surface area (Å²) in [6.45, 7) is 13.3. The highest BCUT2D eigenvalue weighted by atomic mass is 19.4. The number of halogens is 3. The van der Waals surface area contributed by atoms with Crippen LogP contribution in [0.1, 0.15) is 38.7 Å². The van der Waals surface area contributed by atoms with Crippen LogP contribution in [0.3, 0.4) is 0 Å². The van der Waals surface area contributed by atoms with Crippen LogP contribution in [0.5, 0.6) is 0 Å². The van der Waals surface area contributed by atoms with Gasteiger partial charge < -0.3 is 19.4 Å². The van der Waals surface area contributed by atoms with Crippen molar-refractivity contribution in [3.8, 4) is 0 Å². The number of ether oxygens (including phenoxy) is 1. The second-order valence-corrected chi connectivity index (χ2v) is 10.9. The summed E-state index contributed by atoms with van der Waals surface area (Å²) >= 11 is 0. The van der Waals surface area contributed by atoms with Crippen LogP contribution in [0.25, 0.3) is 0 Å². The third-order valence-electron chi connectivity index (χ3n) is 7.82. The number of hydrogen-bond donors (Lipinski definition) is 0. The third-order valence-corrected chi connectivity index (χ3v) is 7.82. The Kier molecular flexibility index (Phi) is 9.17. The maximum atomic E-state index is 13.2. The number of anilines is 1. The summed E-state index contributed by atoms with van der Waals surface area (Å²) < 4.78 is 44.9. The quantitative estimate of drug-likeness (QED) is 0.558. The standard InChI is InChI=1S/C27H41F3N4O2/c1-21(2)19-31-9-8-25(22(20-31)6-7-26(35)34-14-16-36-17-15-34)33-12-10-32(11-13-33)24-5-3-4-23(18-24)27(28,29)30/h3-5,18,21-22,25H,6-17,19-20H2,1-2H3/t22-,25+/m0/s1. The smallest absolute Gasteiger partial charge is 0.378 e. The number of amides is 1. The van der Waals surface area contributed by atoms with Gasteiger partial charge in [-0.3, -0.25) is 9.69 Å². The van der Waals surface area contributed by atoms with Gasteiger partial charge in [0, 0.05) is 70.5 Å². The lowest BCUT2D eigenvalue weighted by atomic mass is 9.86. The van der Waals surface area contributed by atoms with E-state index >= 15 is 0 Å². The first-order chi connectivity index (χ1) is 17.2. The number of carbonyl (C=O) groups excluding carboxylic acids is 1. The second-order valence-electron chi connectivity index (χ2n) is 10.9. The lowest BCUT2D eigenvalue weighted by molar-refractivity contribution is -0.137. The minimum Gasteiger partial charge on any atom is -0.378 e. The van der Waals surface area contributed by atoms with Crippen LogP contribution < -0.4 is 4.90 Å². The largest absolute Gasteiger partial charge is 0.416 e. The molecular weight excluding hydrogens is 469 g/mol. The number of likely N-dealkylation sites (tertiary alicyclic amines) is 1. The Morgan fingerprint density at radius 2 is 1.78 bits per heavy atom. The summed E-state index contributed by atoms with van der Waals surface area (Å²) in [6, 6.07) is 6.08. The van der Waals surface area contributed by atoms with Gasteiger partial charge in [-0.1, -0.05) is 19.9 Å². The first-order valence-electron chi connectivity index (χ1n) is 13.4. The molecule has 2 atom stereocenters. The summed E-state index contributed by atoms with van der Waals surface area (Å²) in [5, 5.41) is 0. The molecule has 4 rings (SSSR count). The Morgan fingerprint density at radius 1 is 1.06 bits per heavy atom. The van der Waals surface area contributed by atoms with Gasteiger partial charge in [-0.05, 0) is 49.4 Å². The minimum absolute atomic E-state index is 0.229. The predicted octanol–water partition coefficient (Wildman–Crippen LogP) is 3.81. The number of carbonyl (C=O) groups is 1. The summed E-state index contributed by atoms with van der Waals surface area (Å²) in [5.74, 6) is 1.25. The molecule has 3 aliphatic rings. The Hall–Kier alpha value is -1.84. The van der Waals surface area contributed by atoms with E-state index in [1.165, 1.54) is 12.1 Å². The van der Waals surface area contributed by atoms with Crippen LogP contribution >= 0.6 is 0 Å². The number of piperidine rings is 1. The minimum atomic E-state index is -4.33. The van der Waals surface area contributed by atoms with Crippen molar-refractivity contribution in [3.63, 3.8) is 0 Å². The molecule has 0 aliphatic carbocycles. The van der Waals surface area contributed by atoms with E-state index in [0.29, 0.717) is 69.4 Å². The average molecular weight is 511 g/mol. The average Bonchev–Trinajstić information content (AvgIpc) is 2.87. The zero-order chi connectivity index (χ0) is 25.7. The van der Waals surface area contributed by atoms with Crippen LogP contribution in [0.4, 0.5) is 18.9 Å². The number of rotatable bonds is 7. The molecule has 0 aromatic heterocycles. The van der Waals surface area contributed by atoms with Crippen molar-refractivity contribution in [3.05, 3.63) is 29.8 Å². The van der Waals surface area contributed by atoms with Crippen LogP contribution in [-0.4, -0.2) is 98.8 Å². The van der Waals surface area contributed by atoms with Gasteiger partial charge in [-0.2, -0.15) is 13.2 Å². The van der Waals surface area contributed by atoms with E-state index in [9.17, 15) is 18.0 Å². The summed E-state index contributed by atoms with van der Waals surface area (Å²) in [5.41, 5.74) is 0.0499. The molecule has 3 heterocycles. The molecule has 3 fully saturated rings. The van der Waals surface area contributed by atoms with Crippen molar-refractivity contribution in [2.24, 2.45) is 11.8 Å². The van der Waals surface area contributed by atoms with Crippen molar-refractivity contribution in [2.45, 2.75) is 45.3 Å². The second kappa shape index (κ2) is 12.1. The highest BCUT2D eigenvalue weighted by Crippen LogP contribution is 2.33. The van der Waals surface area contributed by atoms with Gasteiger partial charge in [-0.15, -0.1) is 0 Å². The highest BCUT2D eigenvalue weighted by molar-refractivity contribution is 5.76. The van der Waals surface area contributed by atoms with Crippen molar-refractivity contribution in [1.29, 1.82) is 0 Å². The monoisotopic (exact) mass is 510 g/mol. The molecule has 0 bridgehead atoms.